The number of aromatic nitrogens is 1. The second-order valence-corrected chi connectivity index (χ2v) is 7.85. The molecule has 2 aromatic heterocycles. The average molecular weight is 387 g/mol. The van der Waals surface area contributed by atoms with E-state index in [9.17, 15) is 8.78 Å². The summed E-state index contributed by atoms with van der Waals surface area (Å²) in [4.78, 5) is 5.17. The van der Waals surface area contributed by atoms with E-state index in [2.05, 4.69) is 36.2 Å². The molecule has 5 rings (SSSR count). The number of halogens is 2. The molecular weight excluding hydrogens is 372 g/mol. The molecule has 0 aliphatic carbocycles. The number of hydrogen-bond acceptors (Lipinski definition) is 2. The van der Waals surface area contributed by atoms with E-state index in [1.54, 1.807) is 6.20 Å². The van der Waals surface area contributed by atoms with Crippen molar-refractivity contribution in [3.05, 3.63) is 90.1 Å². The molecule has 0 radical (unpaired) electrons. The Balaban J connectivity index is 1.75. The third-order valence-corrected chi connectivity index (χ3v) is 6.16. The Bertz CT molecular complexity index is 1330. The fourth-order valence-electron chi connectivity index (χ4n) is 3.67. The fourth-order valence-corrected chi connectivity index (χ4v) is 4.88. The van der Waals surface area contributed by atoms with E-state index in [0.717, 1.165) is 26.7 Å². The minimum absolute atomic E-state index is 0.0179. The molecule has 28 heavy (non-hydrogen) atoms. The van der Waals surface area contributed by atoms with Crippen molar-refractivity contribution in [3.63, 3.8) is 0 Å². The highest BCUT2D eigenvalue weighted by atomic mass is 32.1. The third-order valence-electron chi connectivity index (χ3n) is 4.98. The first-order valence-electron chi connectivity index (χ1n) is 8.94. The number of aryl methyl sites for hydroxylation is 1. The summed E-state index contributed by atoms with van der Waals surface area (Å²) in [5.41, 5.74) is 3.02. The Morgan fingerprint density at radius 3 is 2.43 bits per heavy atom. The lowest BCUT2D eigenvalue weighted by Crippen LogP contribution is -1.86. The molecule has 0 fully saturated rings. The van der Waals surface area contributed by atoms with Crippen molar-refractivity contribution < 1.29 is 8.78 Å². The molecule has 0 saturated heterocycles. The number of pyridine rings is 1. The van der Waals surface area contributed by atoms with E-state index in [1.165, 1.54) is 40.5 Å². The van der Waals surface area contributed by atoms with Gasteiger partial charge in [0.05, 0.1) is 16.0 Å². The van der Waals surface area contributed by atoms with Gasteiger partial charge in [-0.3, -0.25) is 4.98 Å². The van der Waals surface area contributed by atoms with Crippen molar-refractivity contribution in [2.45, 2.75) is 6.92 Å². The van der Waals surface area contributed by atoms with Crippen LogP contribution in [0, 0.1) is 18.6 Å². The molecule has 3 aromatic carbocycles. The smallest absolute Gasteiger partial charge is 0.134 e. The lowest BCUT2D eigenvalue weighted by Gasteiger charge is -2.08. The van der Waals surface area contributed by atoms with Gasteiger partial charge >= 0.3 is 0 Å². The van der Waals surface area contributed by atoms with E-state index in [0.29, 0.717) is 4.88 Å². The molecule has 4 heteroatoms. The minimum Gasteiger partial charge on any atom is -0.255 e. The van der Waals surface area contributed by atoms with E-state index in [1.807, 2.05) is 24.3 Å². The van der Waals surface area contributed by atoms with E-state index >= 15 is 0 Å². The topological polar surface area (TPSA) is 12.9 Å². The summed E-state index contributed by atoms with van der Waals surface area (Å²) in [6.45, 7) is 2.08. The number of thiophene rings is 1. The van der Waals surface area contributed by atoms with Gasteiger partial charge in [-0.15, -0.1) is 11.3 Å². The summed E-state index contributed by atoms with van der Waals surface area (Å²) in [5, 5.41) is 3.28. The lowest BCUT2D eigenvalue weighted by atomic mass is 9.99. The van der Waals surface area contributed by atoms with Crippen molar-refractivity contribution in [3.8, 4) is 21.7 Å². The molecule has 1 nitrogen and oxygen atoms in total. The number of benzene rings is 3. The quantitative estimate of drug-likeness (QED) is 0.308. The zero-order chi connectivity index (χ0) is 19.3. The van der Waals surface area contributed by atoms with Crippen LogP contribution >= 0.6 is 11.3 Å². The number of nitrogens with zero attached hydrogens (tertiary/aromatic N) is 1. The van der Waals surface area contributed by atoms with Crippen molar-refractivity contribution in [1.29, 1.82) is 0 Å². The van der Waals surface area contributed by atoms with Crippen LogP contribution in [0.4, 0.5) is 8.78 Å². The van der Waals surface area contributed by atoms with Crippen LogP contribution in [0.3, 0.4) is 0 Å². The molecule has 2 heterocycles. The standard InChI is InChI=1S/C24H15F2NS/c1-14-11-17(12-15-5-2-3-6-18(14)15)23-24-16(9-10-27-23)13-21(28-24)22-19(25)7-4-8-20(22)26/h2-13H,1H3. The fraction of sp³-hybridized carbons (Fsp3) is 0.0417. The van der Waals surface area contributed by atoms with Crippen LogP contribution in [-0.4, -0.2) is 4.98 Å². The first-order valence-corrected chi connectivity index (χ1v) is 9.76. The minimum atomic E-state index is -0.553. The molecule has 0 aliphatic heterocycles. The molecule has 0 N–H and O–H groups in total. The second-order valence-electron chi connectivity index (χ2n) is 6.80. The molecule has 0 spiro atoms. The monoisotopic (exact) mass is 387 g/mol. The normalized spacial score (nSPS) is 11.4. The van der Waals surface area contributed by atoms with E-state index < -0.39 is 11.6 Å². The van der Waals surface area contributed by atoms with Crippen molar-refractivity contribution in [1.82, 2.24) is 4.98 Å². The van der Waals surface area contributed by atoms with Crippen molar-refractivity contribution >= 4 is 32.2 Å². The Hall–Kier alpha value is -3.11. The predicted molar refractivity (Wildman–Crippen MR) is 113 cm³/mol. The number of rotatable bonds is 2. The number of fused-ring (bicyclic) bond motifs is 2. The average Bonchev–Trinajstić information content (AvgIpc) is 3.11. The highest BCUT2D eigenvalue weighted by Gasteiger charge is 2.16. The van der Waals surface area contributed by atoms with Gasteiger partial charge in [0.1, 0.15) is 11.6 Å². The van der Waals surface area contributed by atoms with Crippen LogP contribution in [0.1, 0.15) is 5.56 Å². The van der Waals surface area contributed by atoms with E-state index in [-0.39, 0.29) is 5.56 Å². The third kappa shape index (κ3) is 2.69. The molecule has 0 bridgehead atoms. The first-order chi connectivity index (χ1) is 13.6. The lowest BCUT2D eigenvalue weighted by molar-refractivity contribution is 0.590. The van der Waals surface area contributed by atoms with Crippen LogP contribution in [-0.2, 0) is 0 Å². The van der Waals surface area contributed by atoms with Gasteiger partial charge in [0.2, 0.25) is 0 Å². The van der Waals surface area contributed by atoms with Crippen molar-refractivity contribution in [2.75, 3.05) is 0 Å². The van der Waals surface area contributed by atoms with Gasteiger partial charge in [-0.2, -0.15) is 0 Å². The van der Waals surface area contributed by atoms with Gasteiger partial charge in [-0.05, 0) is 65.0 Å². The predicted octanol–water partition coefficient (Wildman–Crippen LogP) is 7.37. The number of hydrogen-bond donors (Lipinski definition) is 0. The summed E-state index contributed by atoms with van der Waals surface area (Å²) in [7, 11) is 0. The van der Waals surface area contributed by atoms with Gasteiger partial charge in [-0.25, -0.2) is 8.78 Å². The zero-order valence-corrected chi connectivity index (χ0v) is 15.9. The van der Waals surface area contributed by atoms with Gasteiger partial charge < -0.3 is 0 Å². The molecule has 136 valence electrons. The van der Waals surface area contributed by atoms with Crippen molar-refractivity contribution in [2.24, 2.45) is 0 Å². The summed E-state index contributed by atoms with van der Waals surface area (Å²) in [6.07, 6.45) is 1.75. The summed E-state index contributed by atoms with van der Waals surface area (Å²) >= 11 is 1.37. The maximum absolute atomic E-state index is 14.3. The largest absolute Gasteiger partial charge is 0.255 e. The Morgan fingerprint density at radius 1 is 0.821 bits per heavy atom. The molecule has 0 amide bonds. The van der Waals surface area contributed by atoms with Crippen LogP contribution < -0.4 is 0 Å². The Kier molecular flexibility index (Phi) is 3.95. The zero-order valence-electron chi connectivity index (χ0n) is 15.0. The molecular formula is C24H15F2NS. The molecule has 0 saturated carbocycles. The van der Waals surface area contributed by atoms with Gasteiger partial charge in [0.15, 0.2) is 0 Å². The molecule has 0 unspecified atom stereocenters. The summed E-state index contributed by atoms with van der Waals surface area (Å²) in [6, 6.07) is 20.1. The molecule has 0 aliphatic rings. The highest BCUT2D eigenvalue weighted by molar-refractivity contribution is 7.22. The first kappa shape index (κ1) is 17.0. The summed E-state index contributed by atoms with van der Waals surface area (Å²) in [5.74, 6) is -1.11. The van der Waals surface area contributed by atoms with Crippen LogP contribution in [0.25, 0.3) is 42.6 Å². The SMILES string of the molecule is Cc1cc(-c2nccc3cc(-c4c(F)cccc4F)sc23)cc2ccccc12. The second kappa shape index (κ2) is 6.50. The highest BCUT2D eigenvalue weighted by Crippen LogP contribution is 2.40. The van der Waals surface area contributed by atoms with Crippen LogP contribution in [0.5, 0.6) is 0 Å². The van der Waals surface area contributed by atoms with Gasteiger partial charge in [0.25, 0.3) is 0 Å². The summed E-state index contributed by atoms with van der Waals surface area (Å²) < 4.78 is 29.5. The maximum atomic E-state index is 14.3. The maximum Gasteiger partial charge on any atom is 0.134 e. The Labute approximate surface area is 164 Å². The molecule has 5 aromatic rings. The van der Waals surface area contributed by atoms with Gasteiger partial charge in [-0.1, -0.05) is 30.3 Å². The Morgan fingerprint density at radius 2 is 1.61 bits per heavy atom. The van der Waals surface area contributed by atoms with Crippen LogP contribution in [0.15, 0.2) is 72.9 Å². The van der Waals surface area contributed by atoms with Crippen LogP contribution in [0.2, 0.25) is 0 Å². The molecule has 0 atom stereocenters. The van der Waals surface area contributed by atoms with Gasteiger partial charge in [0, 0.05) is 16.6 Å². The van der Waals surface area contributed by atoms with E-state index in [4.69, 9.17) is 0 Å².